The van der Waals surface area contributed by atoms with E-state index in [4.69, 9.17) is 11.5 Å². The lowest BCUT2D eigenvalue weighted by molar-refractivity contribution is -0.161. The fourth-order valence-electron chi connectivity index (χ4n) is 0.764. The first-order valence-electron chi connectivity index (χ1n) is 4.51. The van der Waals surface area contributed by atoms with Gasteiger partial charge in [-0.05, 0) is 24.3 Å². The SMILES string of the molecule is N[C@@H](CCS)C(=O)OC(=O)[C@@H](N)CCS. The van der Waals surface area contributed by atoms with Crippen LogP contribution in [0.4, 0.5) is 0 Å². The van der Waals surface area contributed by atoms with Crippen molar-refractivity contribution < 1.29 is 14.3 Å². The molecule has 0 spiro atoms. The fourth-order valence-corrected chi connectivity index (χ4v) is 1.32. The van der Waals surface area contributed by atoms with Crippen molar-refractivity contribution in [2.45, 2.75) is 24.9 Å². The van der Waals surface area contributed by atoms with E-state index in [0.717, 1.165) is 0 Å². The summed E-state index contributed by atoms with van der Waals surface area (Å²) in [5.74, 6) is -0.618. The quantitative estimate of drug-likeness (QED) is 0.286. The smallest absolute Gasteiger partial charge is 0.330 e. The highest BCUT2D eigenvalue weighted by atomic mass is 32.1. The Morgan fingerprint density at radius 3 is 1.60 bits per heavy atom. The Balaban J connectivity index is 4.00. The van der Waals surface area contributed by atoms with Gasteiger partial charge in [0.2, 0.25) is 0 Å². The number of carbonyl (C=O) groups is 2. The maximum Gasteiger partial charge on any atom is 0.330 e. The molecule has 0 heterocycles. The van der Waals surface area contributed by atoms with Crippen LogP contribution in [-0.2, 0) is 14.3 Å². The topological polar surface area (TPSA) is 95.4 Å². The second-order valence-electron chi connectivity index (χ2n) is 2.98. The molecule has 0 bridgehead atoms. The number of hydrogen-bond acceptors (Lipinski definition) is 7. The third-order valence-electron chi connectivity index (χ3n) is 1.69. The molecule has 0 aliphatic carbocycles. The van der Waals surface area contributed by atoms with Crippen molar-refractivity contribution in [1.29, 1.82) is 0 Å². The lowest BCUT2D eigenvalue weighted by atomic mass is 10.2. The maximum atomic E-state index is 11.2. The first-order valence-corrected chi connectivity index (χ1v) is 5.77. The molecule has 0 rings (SSSR count). The second-order valence-corrected chi connectivity index (χ2v) is 3.87. The van der Waals surface area contributed by atoms with Gasteiger partial charge in [0.15, 0.2) is 0 Å². The van der Waals surface area contributed by atoms with Gasteiger partial charge in [-0.25, -0.2) is 9.59 Å². The van der Waals surface area contributed by atoms with Crippen LogP contribution in [-0.4, -0.2) is 35.5 Å². The molecule has 0 aromatic heterocycles. The van der Waals surface area contributed by atoms with E-state index < -0.39 is 24.0 Å². The lowest BCUT2D eigenvalue weighted by Crippen LogP contribution is -2.39. The first-order chi connectivity index (χ1) is 7.02. The third kappa shape index (κ3) is 6.03. The lowest BCUT2D eigenvalue weighted by Gasteiger charge is -2.11. The van der Waals surface area contributed by atoms with Crippen LogP contribution in [0.1, 0.15) is 12.8 Å². The van der Waals surface area contributed by atoms with Crippen molar-refractivity contribution in [3.63, 3.8) is 0 Å². The summed E-state index contributed by atoms with van der Waals surface area (Å²) in [5.41, 5.74) is 10.8. The van der Waals surface area contributed by atoms with Crippen LogP contribution in [0.2, 0.25) is 0 Å². The standard InChI is InChI=1S/C8H16N2O3S2/c9-5(1-3-14)7(11)13-8(12)6(10)2-4-15/h5-6,14-15H,1-4,9-10H2/t5-,6-/m0/s1. The Bertz CT molecular complexity index is 204. The molecule has 2 atom stereocenters. The number of thiol groups is 2. The van der Waals surface area contributed by atoms with Gasteiger partial charge in [0.25, 0.3) is 0 Å². The minimum absolute atomic E-state index is 0.358. The number of rotatable bonds is 6. The van der Waals surface area contributed by atoms with E-state index in [9.17, 15) is 9.59 Å². The molecule has 0 unspecified atom stereocenters. The summed E-state index contributed by atoms with van der Waals surface area (Å²) < 4.78 is 4.48. The van der Waals surface area contributed by atoms with Crippen molar-refractivity contribution in [2.75, 3.05) is 11.5 Å². The summed E-state index contributed by atoms with van der Waals surface area (Å²) in [6.45, 7) is 0. The van der Waals surface area contributed by atoms with Gasteiger partial charge in [0, 0.05) is 0 Å². The van der Waals surface area contributed by atoms with Gasteiger partial charge in [0.1, 0.15) is 12.1 Å². The largest absolute Gasteiger partial charge is 0.391 e. The monoisotopic (exact) mass is 252 g/mol. The highest BCUT2D eigenvalue weighted by Crippen LogP contribution is 1.99. The van der Waals surface area contributed by atoms with E-state index in [2.05, 4.69) is 30.0 Å². The van der Waals surface area contributed by atoms with Gasteiger partial charge in [0.05, 0.1) is 0 Å². The van der Waals surface area contributed by atoms with E-state index in [1.165, 1.54) is 0 Å². The van der Waals surface area contributed by atoms with Gasteiger partial charge in [-0.1, -0.05) is 0 Å². The van der Waals surface area contributed by atoms with Crippen molar-refractivity contribution in [2.24, 2.45) is 11.5 Å². The van der Waals surface area contributed by atoms with Crippen LogP contribution in [0.3, 0.4) is 0 Å². The fraction of sp³-hybridized carbons (Fsp3) is 0.750. The molecule has 0 aliphatic heterocycles. The molecular weight excluding hydrogens is 236 g/mol. The Labute approximate surface area is 99.7 Å². The van der Waals surface area contributed by atoms with Crippen LogP contribution in [0.15, 0.2) is 0 Å². The Morgan fingerprint density at radius 2 is 1.33 bits per heavy atom. The van der Waals surface area contributed by atoms with Crippen molar-refractivity contribution in [3.05, 3.63) is 0 Å². The van der Waals surface area contributed by atoms with Crippen molar-refractivity contribution in [1.82, 2.24) is 0 Å². The molecule has 0 aromatic carbocycles. The van der Waals surface area contributed by atoms with Crippen LogP contribution in [0.25, 0.3) is 0 Å². The molecule has 5 nitrogen and oxygen atoms in total. The van der Waals surface area contributed by atoms with Crippen molar-refractivity contribution in [3.8, 4) is 0 Å². The average molecular weight is 252 g/mol. The number of esters is 2. The molecule has 0 saturated heterocycles. The van der Waals surface area contributed by atoms with Crippen LogP contribution < -0.4 is 11.5 Å². The molecule has 0 aliphatic rings. The molecule has 0 saturated carbocycles. The number of ether oxygens (including phenoxy) is 1. The highest BCUT2D eigenvalue weighted by molar-refractivity contribution is 7.80. The zero-order chi connectivity index (χ0) is 11.8. The molecule has 0 radical (unpaired) electrons. The number of nitrogens with two attached hydrogens (primary N) is 2. The second kappa shape index (κ2) is 7.98. The van der Waals surface area contributed by atoms with Crippen LogP contribution >= 0.6 is 25.3 Å². The molecule has 0 amide bonds. The van der Waals surface area contributed by atoms with Crippen LogP contribution in [0.5, 0.6) is 0 Å². The zero-order valence-corrected chi connectivity index (χ0v) is 10.0. The first kappa shape index (κ1) is 14.8. The molecule has 0 aromatic rings. The molecule has 4 N–H and O–H groups in total. The Kier molecular flexibility index (Phi) is 7.85. The third-order valence-corrected chi connectivity index (χ3v) is 2.20. The Morgan fingerprint density at radius 1 is 1.00 bits per heavy atom. The van der Waals surface area contributed by atoms with E-state index in [1.807, 2.05) is 0 Å². The molecule has 7 heteroatoms. The highest BCUT2D eigenvalue weighted by Gasteiger charge is 2.21. The summed E-state index contributed by atoms with van der Waals surface area (Å²) in [6, 6.07) is -1.65. The average Bonchev–Trinajstić information content (AvgIpc) is 2.18. The predicted molar refractivity (Wildman–Crippen MR) is 64.0 cm³/mol. The molecule has 88 valence electrons. The normalized spacial score (nSPS) is 14.4. The summed E-state index contributed by atoms with van der Waals surface area (Å²) in [7, 11) is 0. The Hall–Kier alpha value is -0.240. The van der Waals surface area contributed by atoms with Gasteiger partial charge < -0.3 is 16.2 Å². The number of carbonyl (C=O) groups excluding carboxylic acids is 2. The zero-order valence-electron chi connectivity index (χ0n) is 8.26. The minimum Gasteiger partial charge on any atom is -0.391 e. The summed E-state index contributed by atoms with van der Waals surface area (Å²) >= 11 is 7.82. The summed E-state index contributed by atoms with van der Waals surface area (Å²) in [5, 5.41) is 0. The summed E-state index contributed by atoms with van der Waals surface area (Å²) in [6.07, 6.45) is 0.716. The van der Waals surface area contributed by atoms with Crippen molar-refractivity contribution >= 4 is 37.2 Å². The van der Waals surface area contributed by atoms with E-state index in [1.54, 1.807) is 0 Å². The molecule has 0 fully saturated rings. The van der Waals surface area contributed by atoms with Gasteiger partial charge in [-0.15, -0.1) is 0 Å². The van der Waals surface area contributed by atoms with Gasteiger partial charge in [-0.2, -0.15) is 25.3 Å². The molecule has 15 heavy (non-hydrogen) atoms. The molecular formula is C8H16N2O3S2. The van der Waals surface area contributed by atoms with E-state index in [-0.39, 0.29) is 0 Å². The van der Waals surface area contributed by atoms with Crippen LogP contribution in [0, 0.1) is 0 Å². The van der Waals surface area contributed by atoms with Gasteiger partial charge >= 0.3 is 11.9 Å². The van der Waals surface area contributed by atoms with E-state index in [0.29, 0.717) is 24.3 Å². The summed E-state index contributed by atoms with van der Waals surface area (Å²) in [4.78, 5) is 22.4. The van der Waals surface area contributed by atoms with E-state index >= 15 is 0 Å². The predicted octanol–water partition coefficient (Wildman–Crippen LogP) is -0.649. The van der Waals surface area contributed by atoms with Gasteiger partial charge in [-0.3, -0.25) is 0 Å². The maximum absolute atomic E-state index is 11.2. The minimum atomic E-state index is -0.824. The number of hydrogen-bond donors (Lipinski definition) is 4.